The quantitative estimate of drug-likeness (QED) is 0.727. The maximum absolute atomic E-state index is 13.1. The summed E-state index contributed by atoms with van der Waals surface area (Å²) in [6, 6.07) is 14.7. The number of thioether (sulfide) groups is 2. The van der Waals surface area contributed by atoms with Gasteiger partial charge >= 0.3 is 6.03 Å². The van der Waals surface area contributed by atoms with Gasteiger partial charge in [-0.3, -0.25) is 0 Å². The van der Waals surface area contributed by atoms with Crippen LogP contribution < -0.4 is 15.5 Å². The van der Waals surface area contributed by atoms with Crippen LogP contribution in [0.25, 0.3) is 0 Å². The maximum Gasteiger partial charge on any atom is 0.319 e. The lowest BCUT2D eigenvalue weighted by atomic mass is 10.0. The minimum absolute atomic E-state index is 0.149. The summed E-state index contributed by atoms with van der Waals surface area (Å²) in [5, 5.41) is 6.07. The number of urea groups is 1. The van der Waals surface area contributed by atoms with Crippen LogP contribution in [0.4, 0.5) is 20.6 Å². The molecule has 0 spiro atoms. The number of amides is 2. The van der Waals surface area contributed by atoms with Crippen molar-refractivity contribution in [1.82, 2.24) is 5.32 Å². The summed E-state index contributed by atoms with van der Waals surface area (Å²) in [6.45, 7) is 1.70. The molecular formula is C21H24FN3OS2. The lowest BCUT2D eigenvalue weighted by molar-refractivity contribution is 0.246. The summed E-state index contributed by atoms with van der Waals surface area (Å²) in [7, 11) is 0. The van der Waals surface area contributed by atoms with Crippen molar-refractivity contribution >= 4 is 40.9 Å². The predicted octanol–water partition coefficient (Wildman–Crippen LogP) is 5.09. The van der Waals surface area contributed by atoms with Crippen LogP contribution in [-0.4, -0.2) is 36.7 Å². The number of piperidine rings is 1. The van der Waals surface area contributed by atoms with Crippen LogP contribution in [0.3, 0.4) is 0 Å². The van der Waals surface area contributed by atoms with Gasteiger partial charge in [-0.25, -0.2) is 9.18 Å². The van der Waals surface area contributed by atoms with Crippen LogP contribution in [-0.2, 0) is 0 Å². The summed E-state index contributed by atoms with van der Waals surface area (Å²) in [5.41, 5.74) is 3.13. The minimum atomic E-state index is -0.217. The fraction of sp³-hybridized carbons (Fsp3) is 0.381. The molecule has 28 heavy (non-hydrogen) atoms. The summed E-state index contributed by atoms with van der Waals surface area (Å²) in [6.07, 6.45) is 1.75. The normalized spacial score (nSPS) is 18.2. The Labute approximate surface area is 173 Å². The van der Waals surface area contributed by atoms with Crippen molar-refractivity contribution < 1.29 is 9.18 Å². The van der Waals surface area contributed by atoms with Gasteiger partial charge in [0.15, 0.2) is 0 Å². The van der Waals surface area contributed by atoms with Gasteiger partial charge in [0, 0.05) is 42.0 Å². The molecule has 2 saturated heterocycles. The van der Waals surface area contributed by atoms with Crippen LogP contribution in [0, 0.1) is 5.82 Å². The summed E-state index contributed by atoms with van der Waals surface area (Å²) in [5.74, 6) is 2.15. The fourth-order valence-electron chi connectivity index (χ4n) is 3.60. The average molecular weight is 418 g/mol. The van der Waals surface area contributed by atoms with E-state index in [9.17, 15) is 9.18 Å². The zero-order chi connectivity index (χ0) is 19.3. The number of carbonyl (C=O) groups excluding carboxylic acids is 1. The third-order valence-electron chi connectivity index (χ3n) is 5.06. The molecule has 0 atom stereocenters. The Morgan fingerprint density at radius 2 is 1.75 bits per heavy atom. The molecule has 2 heterocycles. The lowest BCUT2D eigenvalue weighted by Crippen LogP contribution is -2.46. The molecule has 0 radical (unpaired) electrons. The molecule has 0 saturated carbocycles. The number of hydrogen-bond donors (Lipinski definition) is 2. The molecular weight excluding hydrogens is 393 g/mol. The average Bonchev–Trinajstić information content (AvgIpc) is 3.24. The van der Waals surface area contributed by atoms with E-state index in [4.69, 9.17) is 0 Å². The second-order valence-corrected chi connectivity index (χ2v) is 9.76. The standard InChI is InChI=1S/C21H24FN3OS2/c22-16-4-6-19(7-5-16)25-10-8-17(9-11-25)23-21(26)24-18-3-1-2-15(14-18)20-27-12-13-28-20/h1-7,14,17,20H,8-13H2,(H2,23,24,26). The number of carbonyl (C=O) groups is 1. The third kappa shape index (κ3) is 4.94. The zero-order valence-corrected chi connectivity index (χ0v) is 17.2. The number of benzene rings is 2. The molecule has 2 N–H and O–H groups in total. The molecule has 2 aromatic rings. The van der Waals surface area contributed by atoms with Gasteiger partial charge in [-0.2, -0.15) is 0 Å². The third-order valence-corrected chi connectivity index (χ3v) is 8.16. The Kier molecular flexibility index (Phi) is 6.32. The van der Waals surface area contributed by atoms with E-state index in [1.807, 2.05) is 47.8 Å². The Bertz CT molecular complexity index is 804. The predicted molar refractivity (Wildman–Crippen MR) is 118 cm³/mol. The van der Waals surface area contributed by atoms with Gasteiger partial charge in [0.25, 0.3) is 0 Å². The number of rotatable bonds is 4. The number of anilines is 2. The SMILES string of the molecule is O=C(Nc1cccc(C2SCCS2)c1)NC1CCN(c2ccc(F)cc2)CC1. The van der Waals surface area contributed by atoms with Gasteiger partial charge in [-0.1, -0.05) is 12.1 Å². The lowest BCUT2D eigenvalue weighted by Gasteiger charge is -2.34. The maximum atomic E-state index is 13.1. The molecule has 2 amide bonds. The first-order chi connectivity index (χ1) is 13.7. The number of nitrogens with zero attached hydrogens (tertiary/aromatic N) is 1. The topological polar surface area (TPSA) is 44.4 Å². The molecule has 0 aromatic heterocycles. The van der Waals surface area contributed by atoms with E-state index in [0.29, 0.717) is 4.58 Å². The molecule has 148 valence electrons. The van der Waals surface area contributed by atoms with E-state index in [-0.39, 0.29) is 17.9 Å². The van der Waals surface area contributed by atoms with E-state index >= 15 is 0 Å². The molecule has 2 aromatic carbocycles. The van der Waals surface area contributed by atoms with Crippen molar-refractivity contribution in [1.29, 1.82) is 0 Å². The van der Waals surface area contributed by atoms with Crippen molar-refractivity contribution in [3.63, 3.8) is 0 Å². The van der Waals surface area contributed by atoms with E-state index in [0.717, 1.165) is 37.3 Å². The first kappa shape index (κ1) is 19.5. The van der Waals surface area contributed by atoms with Gasteiger partial charge < -0.3 is 15.5 Å². The van der Waals surface area contributed by atoms with Crippen LogP contribution in [0.5, 0.6) is 0 Å². The fourth-order valence-corrected chi connectivity index (χ4v) is 6.44. The van der Waals surface area contributed by atoms with Crippen molar-refractivity contribution in [2.75, 3.05) is 34.8 Å². The van der Waals surface area contributed by atoms with Gasteiger partial charge in [0.2, 0.25) is 0 Å². The number of hydrogen-bond acceptors (Lipinski definition) is 4. The molecule has 0 bridgehead atoms. The Balaban J connectivity index is 1.27. The van der Waals surface area contributed by atoms with E-state index in [1.54, 1.807) is 0 Å². The molecule has 0 unspecified atom stereocenters. The van der Waals surface area contributed by atoms with Crippen molar-refractivity contribution in [2.24, 2.45) is 0 Å². The monoisotopic (exact) mass is 417 g/mol. The summed E-state index contributed by atoms with van der Waals surface area (Å²) in [4.78, 5) is 14.6. The second-order valence-electron chi connectivity index (χ2n) is 7.04. The Morgan fingerprint density at radius 1 is 1.04 bits per heavy atom. The Morgan fingerprint density at radius 3 is 2.46 bits per heavy atom. The van der Waals surface area contributed by atoms with Crippen molar-refractivity contribution in [3.05, 3.63) is 59.9 Å². The molecule has 4 nitrogen and oxygen atoms in total. The number of nitrogens with one attached hydrogen (secondary N) is 2. The van der Waals surface area contributed by atoms with E-state index in [1.165, 1.54) is 29.2 Å². The van der Waals surface area contributed by atoms with Gasteiger partial charge in [0.05, 0.1) is 4.58 Å². The minimum Gasteiger partial charge on any atom is -0.371 e. The first-order valence-electron chi connectivity index (χ1n) is 9.58. The number of halogens is 1. The van der Waals surface area contributed by atoms with E-state index in [2.05, 4.69) is 27.7 Å². The van der Waals surface area contributed by atoms with Crippen molar-refractivity contribution in [2.45, 2.75) is 23.5 Å². The molecule has 2 aliphatic rings. The smallest absolute Gasteiger partial charge is 0.319 e. The zero-order valence-electron chi connectivity index (χ0n) is 15.6. The van der Waals surface area contributed by atoms with E-state index < -0.39 is 0 Å². The highest BCUT2D eigenvalue weighted by atomic mass is 32.2. The van der Waals surface area contributed by atoms with Crippen LogP contribution >= 0.6 is 23.5 Å². The van der Waals surface area contributed by atoms with Gasteiger partial charge in [-0.15, -0.1) is 23.5 Å². The molecule has 2 fully saturated rings. The highest BCUT2D eigenvalue weighted by Gasteiger charge is 2.22. The summed E-state index contributed by atoms with van der Waals surface area (Å²) < 4.78 is 13.5. The summed E-state index contributed by atoms with van der Waals surface area (Å²) >= 11 is 3.92. The highest BCUT2D eigenvalue weighted by molar-refractivity contribution is 8.19. The highest BCUT2D eigenvalue weighted by Crippen LogP contribution is 2.45. The Hall–Kier alpha value is -1.86. The van der Waals surface area contributed by atoms with Gasteiger partial charge in [0.1, 0.15) is 5.82 Å². The largest absolute Gasteiger partial charge is 0.371 e. The van der Waals surface area contributed by atoms with Crippen LogP contribution in [0.1, 0.15) is 23.0 Å². The second kappa shape index (κ2) is 9.09. The van der Waals surface area contributed by atoms with Crippen molar-refractivity contribution in [3.8, 4) is 0 Å². The van der Waals surface area contributed by atoms with Crippen LogP contribution in [0.2, 0.25) is 0 Å². The molecule has 7 heteroatoms. The van der Waals surface area contributed by atoms with Crippen LogP contribution in [0.15, 0.2) is 48.5 Å². The molecule has 4 rings (SSSR count). The molecule has 2 aliphatic heterocycles. The molecule has 0 aliphatic carbocycles. The first-order valence-corrected chi connectivity index (χ1v) is 11.7. The van der Waals surface area contributed by atoms with Gasteiger partial charge in [-0.05, 0) is 54.8 Å².